The van der Waals surface area contributed by atoms with Gasteiger partial charge in [-0.05, 0) is 38.0 Å². The van der Waals surface area contributed by atoms with E-state index in [2.05, 4.69) is 62.9 Å². The van der Waals surface area contributed by atoms with Crippen LogP contribution in [0.2, 0.25) is 0 Å². The first-order valence-corrected chi connectivity index (χ1v) is 9.05. The van der Waals surface area contributed by atoms with E-state index in [0.29, 0.717) is 0 Å². The molecule has 0 saturated carbocycles. The van der Waals surface area contributed by atoms with E-state index in [1.54, 1.807) is 0 Å². The van der Waals surface area contributed by atoms with Crippen LogP contribution in [0.1, 0.15) is 19.8 Å². The van der Waals surface area contributed by atoms with E-state index < -0.39 is 0 Å². The van der Waals surface area contributed by atoms with Crippen LogP contribution < -0.4 is 15.5 Å². The van der Waals surface area contributed by atoms with E-state index in [-0.39, 0.29) is 24.0 Å². The van der Waals surface area contributed by atoms with E-state index in [9.17, 15) is 0 Å². The maximum Gasteiger partial charge on any atom is 0.190 e. The number of hydrogen-bond acceptors (Lipinski definition) is 3. The van der Waals surface area contributed by atoms with Gasteiger partial charge in [0, 0.05) is 57.9 Å². The standard InChI is InChI=1S/C19H30N6.HI/c1-3-24(18-10-5-4-6-11-18)15-7-12-21-19(20-2)22-13-8-16-25-17-9-14-23-25;/h4-6,9-11,14,17H,3,7-8,12-13,15-16H2,1-2H3,(H2,20,21,22);1H. The molecule has 0 amide bonds. The first kappa shape index (κ1) is 22.3. The van der Waals surface area contributed by atoms with Gasteiger partial charge in [-0.1, -0.05) is 18.2 Å². The number of halogens is 1. The van der Waals surface area contributed by atoms with Crippen molar-refractivity contribution in [2.24, 2.45) is 4.99 Å². The van der Waals surface area contributed by atoms with Crippen molar-refractivity contribution < 1.29 is 0 Å². The zero-order chi connectivity index (χ0) is 17.7. The number of benzene rings is 1. The van der Waals surface area contributed by atoms with Crippen molar-refractivity contribution in [1.82, 2.24) is 20.4 Å². The average molecular weight is 470 g/mol. The molecular weight excluding hydrogens is 439 g/mol. The zero-order valence-electron chi connectivity index (χ0n) is 15.8. The molecule has 0 unspecified atom stereocenters. The molecule has 2 rings (SSSR count). The predicted molar refractivity (Wildman–Crippen MR) is 121 cm³/mol. The molecule has 0 saturated heterocycles. The highest BCUT2D eigenvalue weighted by Gasteiger charge is 2.03. The van der Waals surface area contributed by atoms with Crippen LogP contribution in [0.15, 0.2) is 53.8 Å². The number of anilines is 1. The van der Waals surface area contributed by atoms with Crippen molar-refractivity contribution in [2.45, 2.75) is 26.3 Å². The Morgan fingerprint density at radius 1 is 1.12 bits per heavy atom. The van der Waals surface area contributed by atoms with Gasteiger partial charge in [0.1, 0.15) is 0 Å². The Labute approximate surface area is 174 Å². The highest BCUT2D eigenvalue weighted by atomic mass is 127. The van der Waals surface area contributed by atoms with Gasteiger partial charge in [-0.3, -0.25) is 9.67 Å². The second-order valence-corrected chi connectivity index (χ2v) is 5.82. The number of guanidine groups is 1. The molecule has 2 N–H and O–H groups in total. The van der Waals surface area contributed by atoms with Gasteiger partial charge >= 0.3 is 0 Å². The quantitative estimate of drug-likeness (QED) is 0.243. The van der Waals surface area contributed by atoms with Gasteiger partial charge in [-0.2, -0.15) is 5.10 Å². The number of aryl methyl sites for hydroxylation is 1. The van der Waals surface area contributed by atoms with Gasteiger partial charge < -0.3 is 15.5 Å². The van der Waals surface area contributed by atoms with Crippen molar-refractivity contribution in [3.63, 3.8) is 0 Å². The Balaban J connectivity index is 0.00000338. The topological polar surface area (TPSA) is 57.5 Å². The van der Waals surface area contributed by atoms with Crippen molar-refractivity contribution in [3.05, 3.63) is 48.8 Å². The molecule has 0 radical (unpaired) electrons. The second kappa shape index (κ2) is 13.4. The molecule has 1 heterocycles. The Morgan fingerprint density at radius 3 is 2.46 bits per heavy atom. The van der Waals surface area contributed by atoms with Crippen LogP contribution >= 0.6 is 24.0 Å². The van der Waals surface area contributed by atoms with Gasteiger partial charge in [0.2, 0.25) is 0 Å². The predicted octanol–water partition coefficient (Wildman–Crippen LogP) is 2.97. The normalized spacial score (nSPS) is 10.9. The molecule has 0 aliphatic heterocycles. The summed E-state index contributed by atoms with van der Waals surface area (Å²) in [5.41, 5.74) is 1.28. The molecule has 144 valence electrons. The molecule has 0 aliphatic carbocycles. The first-order chi connectivity index (χ1) is 12.3. The number of aliphatic imine (C=N–C) groups is 1. The molecule has 1 aromatic heterocycles. The van der Waals surface area contributed by atoms with Crippen molar-refractivity contribution in [1.29, 1.82) is 0 Å². The lowest BCUT2D eigenvalue weighted by Crippen LogP contribution is -2.39. The molecule has 2 aromatic rings. The van der Waals surface area contributed by atoms with Crippen LogP contribution in [0.4, 0.5) is 5.69 Å². The van der Waals surface area contributed by atoms with Crippen LogP contribution in [-0.4, -0.2) is 49.0 Å². The van der Waals surface area contributed by atoms with Crippen LogP contribution in [-0.2, 0) is 6.54 Å². The maximum atomic E-state index is 4.28. The fourth-order valence-corrected chi connectivity index (χ4v) is 2.69. The third-order valence-corrected chi connectivity index (χ3v) is 4.04. The molecule has 26 heavy (non-hydrogen) atoms. The number of para-hydroxylation sites is 1. The SMILES string of the molecule is CCN(CCCNC(=NC)NCCCn1cccn1)c1ccccc1.I. The lowest BCUT2D eigenvalue weighted by Gasteiger charge is -2.23. The molecule has 6 nitrogen and oxygen atoms in total. The summed E-state index contributed by atoms with van der Waals surface area (Å²) in [6, 6.07) is 12.5. The molecule has 0 spiro atoms. The molecule has 7 heteroatoms. The third kappa shape index (κ3) is 8.07. The van der Waals surface area contributed by atoms with Crippen LogP contribution in [0.25, 0.3) is 0 Å². The molecule has 0 bridgehead atoms. The summed E-state index contributed by atoms with van der Waals surface area (Å²) in [6.45, 7) is 6.95. The number of hydrogen-bond donors (Lipinski definition) is 2. The molecule has 0 atom stereocenters. The number of aromatic nitrogens is 2. The molecule has 1 aromatic carbocycles. The summed E-state index contributed by atoms with van der Waals surface area (Å²) >= 11 is 0. The maximum absolute atomic E-state index is 4.28. The third-order valence-electron chi connectivity index (χ3n) is 4.04. The highest BCUT2D eigenvalue weighted by molar-refractivity contribution is 14.0. The van der Waals surface area contributed by atoms with E-state index in [0.717, 1.165) is 51.5 Å². The fraction of sp³-hybridized carbons (Fsp3) is 0.474. The van der Waals surface area contributed by atoms with E-state index in [1.165, 1.54) is 5.69 Å². The molecule has 0 aliphatic rings. The number of nitrogens with zero attached hydrogens (tertiary/aromatic N) is 4. The summed E-state index contributed by atoms with van der Waals surface area (Å²) in [6.07, 6.45) is 5.87. The van der Waals surface area contributed by atoms with Crippen LogP contribution in [0.5, 0.6) is 0 Å². The monoisotopic (exact) mass is 470 g/mol. The average Bonchev–Trinajstić information content (AvgIpc) is 3.17. The van der Waals surface area contributed by atoms with Gasteiger partial charge in [0.05, 0.1) is 0 Å². The highest BCUT2D eigenvalue weighted by Crippen LogP contribution is 2.12. The lowest BCUT2D eigenvalue weighted by molar-refractivity contribution is 0.570. The minimum absolute atomic E-state index is 0. The summed E-state index contributed by atoms with van der Waals surface area (Å²) in [4.78, 5) is 6.67. The van der Waals surface area contributed by atoms with Gasteiger partial charge in [-0.15, -0.1) is 24.0 Å². The zero-order valence-corrected chi connectivity index (χ0v) is 18.1. The summed E-state index contributed by atoms with van der Waals surface area (Å²) in [5, 5.41) is 10.9. The largest absolute Gasteiger partial charge is 0.372 e. The van der Waals surface area contributed by atoms with Gasteiger partial charge in [0.25, 0.3) is 0 Å². The smallest absolute Gasteiger partial charge is 0.190 e. The van der Waals surface area contributed by atoms with E-state index in [4.69, 9.17) is 0 Å². The molecular formula is C19H31IN6. The van der Waals surface area contributed by atoms with Crippen molar-refractivity contribution in [2.75, 3.05) is 38.1 Å². The minimum atomic E-state index is 0. The Bertz CT molecular complexity index is 600. The number of nitrogens with one attached hydrogen (secondary N) is 2. The lowest BCUT2D eigenvalue weighted by atomic mass is 10.2. The van der Waals surface area contributed by atoms with Gasteiger partial charge in [-0.25, -0.2) is 0 Å². The Morgan fingerprint density at radius 2 is 1.85 bits per heavy atom. The summed E-state index contributed by atoms with van der Waals surface area (Å²) in [5.74, 6) is 0.864. The second-order valence-electron chi connectivity index (χ2n) is 5.82. The molecule has 0 fully saturated rings. The van der Waals surface area contributed by atoms with E-state index in [1.807, 2.05) is 30.2 Å². The van der Waals surface area contributed by atoms with Crippen LogP contribution in [0, 0.1) is 0 Å². The van der Waals surface area contributed by atoms with E-state index >= 15 is 0 Å². The summed E-state index contributed by atoms with van der Waals surface area (Å²) < 4.78 is 1.95. The first-order valence-electron chi connectivity index (χ1n) is 9.05. The summed E-state index contributed by atoms with van der Waals surface area (Å²) in [7, 11) is 1.81. The Kier molecular flexibility index (Phi) is 11.5. The van der Waals surface area contributed by atoms with Crippen molar-refractivity contribution >= 4 is 35.6 Å². The van der Waals surface area contributed by atoms with Crippen LogP contribution in [0.3, 0.4) is 0 Å². The van der Waals surface area contributed by atoms with Gasteiger partial charge in [0.15, 0.2) is 5.96 Å². The minimum Gasteiger partial charge on any atom is -0.372 e. The number of rotatable bonds is 10. The van der Waals surface area contributed by atoms with Crippen molar-refractivity contribution in [3.8, 4) is 0 Å². The Hall–Kier alpha value is -1.77. The fourth-order valence-electron chi connectivity index (χ4n) is 2.69.